The molecule has 1 aliphatic heterocycles. The van der Waals surface area contributed by atoms with Crippen molar-refractivity contribution in [3.63, 3.8) is 0 Å². The second-order valence-electron chi connectivity index (χ2n) is 5.62. The van der Waals surface area contributed by atoms with Crippen LogP contribution in [0.15, 0.2) is 29.4 Å². The van der Waals surface area contributed by atoms with Crippen LogP contribution in [0, 0.1) is 0 Å². The number of nitrogens with zero attached hydrogens (tertiary/aromatic N) is 3. The van der Waals surface area contributed by atoms with Crippen LogP contribution in [0.1, 0.15) is 12.0 Å². The Morgan fingerprint density at radius 2 is 2.09 bits per heavy atom. The molecule has 1 fully saturated rings. The first kappa shape index (κ1) is 17.2. The lowest BCUT2D eigenvalue weighted by Crippen LogP contribution is -2.44. The Morgan fingerprint density at radius 3 is 2.83 bits per heavy atom. The van der Waals surface area contributed by atoms with Gasteiger partial charge in [0.05, 0.1) is 12.8 Å². The van der Waals surface area contributed by atoms with E-state index < -0.39 is 6.03 Å². The fourth-order valence-electron chi connectivity index (χ4n) is 2.43. The van der Waals surface area contributed by atoms with Crippen molar-refractivity contribution in [2.75, 3.05) is 46.4 Å². The first-order valence-electron chi connectivity index (χ1n) is 7.86. The third kappa shape index (κ3) is 6.25. The Morgan fingerprint density at radius 1 is 1.35 bits per heavy atom. The summed E-state index contributed by atoms with van der Waals surface area (Å²) in [6, 6.07) is 6.88. The van der Waals surface area contributed by atoms with Crippen molar-refractivity contribution in [1.29, 1.82) is 0 Å². The highest BCUT2D eigenvalue weighted by molar-refractivity contribution is 5.84. The average Bonchev–Trinajstić information content (AvgIpc) is 2.54. The maximum absolute atomic E-state index is 10.6. The molecule has 1 aromatic carbocycles. The van der Waals surface area contributed by atoms with Gasteiger partial charge in [0, 0.05) is 38.3 Å². The molecule has 0 atom stereocenters. The Bertz CT molecular complexity index is 527. The molecule has 0 aromatic heterocycles. The van der Waals surface area contributed by atoms with Gasteiger partial charge in [-0.3, -0.25) is 0 Å². The molecule has 0 bridgehead atoms. The van der Waals surface area contributed by atoms with Gasteiger partial charge < -0.3 is 20.3 Å². The van der Waals surface area contributed by atoms with Crippen LogP contribution >= 0.6 is 0 Å². The van der Waals surface area contributed by atoms with Crippen molar-refractivity contribution in [1.82, 2.24) is 15.2 Å². The van der Waals surface area contributed by atoms with Crippen molar-refractivity contribution >= 4 is 12.2 Å². The maximum Gasteiger partial charge on any atom is 0.332 e. The van der Waals surface area contributed by atoms with E-state index in [0.29, 0.717) is 6.61 Å². The third-order valence-electron chi connectivity index (χ3n) is 3.77. The summed E-state index contributed by atoms with van der Waals surface area (Å²) in [5.41, 5.74) is 7.95. The van der Waals surface area contributed by atoms with E-state index in [1.165, 1.54) is 6.21 Å². The summed E-state index contributed by atoms with van der Waals surface area (Å²) in [5.74, 6) is 0.751. The lowest BCUT2D eigenvalue weighted by atomic mass is 10.2. The van der Waals surface area contributed by atoms with Gasteiger partial charge >= 0.3 is 6.03 Å². The van der Waals surface area contributed by atoms with E-state index in [9.17, 15) is 4.79 Å². The molecule has 0 unspecified atom stereocenters. The zero-order chi connectivity index (χ0) is 16.5. The van der Waals surface area contributed by atoms with Gasteiger partial charge in [0.25, 0.3) is 0 Å². The molecule has 23 heavy (non-hydrogen) atoms. The van der Waals surface area contributed by atoms with Crippen LogP contribution in [0.4, 0.5) is 4.79 Å². The van der Waals surface area contributed by atoms with Crippen LogP contribution in [0.3, 0.4) is 0 Å². The number of benzene rings is 1. The molecule has 1 aliphatic rings. The number of carbonyl (C=O) groups excluding carboxylic acids is 1. The van der Waals surface area contributed by atoms with Crippen LogP contribution in [0.25, 0.3) is 0 Å². The number of para-hydroxylation sites is 1. The Hall–Kier alpha value is -2.12. The summed E-state index contributed by atoms with van der Waals surface area (Å²) in [5, 5.41) is 3.77. The number of hydrazone groups is 1. The van der Waals surface area contributed by atoms with E-state index in [4.69, 9.17) is 10.5 Å². The van der Waals surface area contributed by atoms with E-state index in [2.05, 4.69) is 27.4 Å². The van der Waals surface area contributed by atoms with Crippen molar-refractivity contribution < 1.29 is 9.53 Å². The minimum atomic E-state index is -0.688. The highest BCUT2D eigenvalue weighted by Gasteiger charge is 2.12. The number of piperazine rings is 1. The number of primary amides is 1. The molecule has 1 saturated heterocycles. The topological polar surface area (TPSA) is 83.2 Å². The third-order valence-corrected chi connectivity index (χ3v) is 3.77. The van der Waals surface area contributed by atoms with Crippen molar-refractivity contribution in [2.24, 2.45) is 10.8 Å². The molecule has 0 saturated carbocycles. The predicted octanol–water partition coefficient (Wildman–Crippen LogP) is 0.705. The zero-order valence-electron chi connectivity index (χ0n) is 13.6. The summed E-state index contributed by atoms with van der Waals surface area (Å²) < 4.78 is 5.83. The van der Waals surface area contributed by atoms with E-state index in [0.717, 1.165) is 50.5 Å². The fraction of sp³-hybridized carbons (Fsp3) is 0.500. The number of urea groups is 1. The molecule has 1 heterocycles. The lowest BCUT2D eigenvalue weighted by molar-refractivity contribution is 0.145. The predicted molar refractivity (Wildman–Crippen MR) is 90.8 cm³/mol. The molecule has 126 valence electrons. The quantitative estimate of drug-likeness (QED) is 0.440. The SMILES string of the molecule is CN1CCN(CCCOc2ccccc2C=NNC(N)=O)CC1. The van der Waals surface area contributed by atoms with Gasteiger partial charge in [-0.05, 0) is 25.6 Å². The minimum Gasteiger partial charge on any atom is -0.493 e. The Kier molecular flexibility index (Phi) is 6.83. The lowest BCUT2D eigenvalue weighted by Gasteiger charge is -2.32. The molecule has 0 aliphatic carbocycles. The molecular weight excluding hydrogens is 294 g/mol. The second kappa shape index (κ2) is 9.12. The molecule has 3 N–H and O–H groups in total. The summed E-state index contributed by atoms with van der Waals surface area (Å²) in [6.45, 7) is 6.21. The monoisotopic (exact) mass is 319 g/mol. The first-order valence-corrected chi connectivity index (χ1v) is 7.86. The van der Waals surface area contributed by atoms with E-state index >= 15 is 0 Å². The maximum atomic E-state index is 10.6. The first-order chi connectivity index (χ1) is 11.1. The summed E-state index contributed by atoms with van der Waals surface area (Å²) >= 11 is 0. The average molecular weight is 319 g/mol. The van der Waals surface area contributed by atoms with Gasteiger partial charge in [-0.2, -0.15) is 5.10 Å². The van der Waals surface area contributed by atoms with Crippen LogP contribution < -0.4 is 15.9 Å². The molecule has 0 radical (unpaired) electrons. The normalized spacial score (nSPS) is 16.6. The standard InChI is InChI=1S/C16H25N5O2/c1-20-8-10-21(11-9-20)7-4-12-23-15-6-3-2-5-14(15)13-18-19-16(17)22/h2-3,5-6,13H,4,7-12H2,1H3,(H3,17,19,22). The largest absolute Gasteiger partial charge is 0.493 e. The number of nitrogens with two attached hydrogens (primary N) is 1. The smallest absolute Gasteiger partial charge is 0.332 e. The van der Waals surface area contributed by atoms with Crippen LogP contribution in [-0.2, 0) is 0 Å². The fourth-order valence-corrected chi connectivity index (χ4v) is 2.43. The van der Waals surface area contributed by atoms with Crippen molar-refractivity contribution in [2.45, 2.75) is 6.42 Å². The van der Waals surface area contributed by atoms with E-state index in [-0.39, 0.29) is 0 Å². The zero-order valence-corrected chi connectivity index (χ0v) is 13.6. The van der Waals surface area contributed by atoms with Crippen LogP contribution in [-0.4, -0.2) is 68.4 Å². The second-order valence-corrected chi connectivity index (χ2v) is 5.62. The van der Waals surface area contributed by atoms with Gasteiger partial charge in [-0.15, -0.1) is 0 Å². The van der Waals surface area contributed by atoms with Gasteiger partial charge in [0.2, 0.25) is 0 Å². The van der Waals surface area contributed by atoms with Crippen molar-refractivity contribution in [3.05, 3.63) is 29.8 Å². The summed E-state index contributed by atoms with van der Waals surface area (Å²) in [7, 11) is 2.16. The van der Waals surface area contributed by atoms with E-state index in [1.54, 1.807) is 0 Å². The summed E-state index contributed by atoms with van der Waals surface area (Å²) in [4.78, 5) is 15.4. The number of nitrogens with one attached hydrogen (secondary N) is 1. The number of likely N-dealkylation sites (N-methyl/N-ethyl adjacent to an activating group) is 1. The molecule has 7 heteroatoms. The number of ether oxygens (including phenoxy) is 1. The number of hydrogen-bond acceptors (Lipinski definition) is 5. The van der Waals surface area contributed by atoms with Gasteiger partial charge in [-0.1, -0.05) is 12.1 Å². The van der Waals surface area contributed by atoms with Crippen LogP contribution in [0.5, 0.6) is 5.75 Å². The Balaban J connectivity index is 1.74. The molecule has 2 rings (SSSR count). The van der Waals surface area contributed by atoms with Crippen LogP contribution in [0.2, 0.25) is 0 Å². The van der Waals surface area contributed by atoms with Gasteiger partial charge in [0.1, 0.15) is 5.75 Å². The molecule has 1 aromatic rings. The number of rotatable bonds is 7. The highest BCUT2D eigenvalue weighted by atomic mass is 16.5. The van der Waals surface area contributed by atoms with Gasteiger partial charge in [-0.25, -0.2) is 10.2 Å². The van der Waals surface area contributed by atoms with Crippen molar-refractivity contribution in [3.8, 4) is 5.75 Å². The highest BCUT2D eigenvalue weighted by Crippen LogP contribution is 2.16. The summed E-state index contributed by atoms with van der Waals surface area (Å²) in [6.07, 6.45) is 2.51. The molecule has 2 amide bonds. The molecule has 7 nitrogen and oxygen atoms in total. The van der Waals surface area contributed by atoms with Gasteiger partial charge in [0.15, 0.2) is 0 Å². The number of hydrogen-bond donors (Lipinski definition) is 2. The minimum absolute atomic E-state index is 0.653. The number of carbonyl (C=O) groups is 1. The van der Waals surface area contributed by atoms with E-state index in [1.807, 2.05) is 24.3 Å². The molecule has 0 spiro atoms. The number of amides is 2. The Labute approximate surface area is 137 Å². The molecular formula is C16H25N5O2.